The zero-order valence-electron chi connectivity index (χ0n) is 11.6. The third kappa shape index (κ3) is 4.92. The fourth-order valence-corrected chi connectivity index (χ4v) is 1.79. The lowest BCUT2D eigenvalue weighted by atomic mass is 10.0. The molecule has 1 aromatic carbocycles. The maximum Gasteiger partial charge on any atom is 0.261 e. The lowest BCUT2D eigenvalue weighted by Gasteiger charge is -2.26. The summed E-state index contributed by atoms with van der Waals surface area (Å²) in [4.78, 5) is 12.0. The van der Waals surface area contributed by atoms with E-state index in [9.17, 15) is 4.79 Å². The molecule has 0 bridgehead atoms. The fraction of sp³-hybridized carbons (Fsp3) is 0.500. The Hall–Kier alpha value is -0.930. The zero-order valence-corrected chi connectivity index (χ0v) is 13.1. The van der Waals surface area contributed by atoms with Gasteiger partial charge in [0.25, 0.3) is 5.91 Å². The highest BCUT2D eigenvalue weighted by Crippen LogP contribution is 2.28. The summed E-state index contributed by atoms with van der Waals surface area (Å²) < 4.78 is 5.55. The predicted molar refractivity (Wildman–Crippen MR) is 79.1 cm³/mol. The highest BCUT2D eigenvalue weighted by atomic mass is 35.5. The van der Waals surface area contributed by atoms with Crippen molar-refractivity contribution < 1.29 is 9.53 Å². The van der Waals surface area contributed by atoms with Crippen LogP contribution < -0.4 is 10.1 Å². The van der Waals surface area contributed by atoms with E-state index in [-0.39, 0.29) is 11.4 Å². The van der Waals surface area contributed by atoms with Crippen molar-refractivity contribution in [3.05, 3.63) is 28.2 Å². The summed E-state index contributed by atoms with van der Waals surface area (Å²) in [5.74, 6) is 0.279. The number of amides is 1. The number of halogens is 2. The van der Waals surface area contributed by atoms with Crippen LogP contribution in [-0.2, 0) is 4.79 Å². The summed E-state index contributed by atoms with van der Waals surface area (Å²) in [6, 6.07) is 4.90. The van der Waals surface area contributed by atoms with Gasteiger partial charge in [-0.2, -0.15) is 0 Å². The van der Waals surface area contributed by atoms with Gasteiger partial charge in [0.2, 0.25) is 0 Å². The van der Waals surface area contributed by atoms with Crippen molar-refractivity contribution in [3.8, 4) is 5.75 Å². The molecule has 0 saturated carbocycles. The number of nitrogens with one attached hydrogen (secondary N) is 1. The van der Waals surface area contributed by atoms with Gasteiger partial charge in [-0.3, -0.25) is 4.79 Å². The Morgan fingerprint density at radius 2 is 2.05 bits per heavy atom. The van der Waals surface area contributed by atoms with E-state index < -0.39 is 6.10 Å². The highest BCUT2D eigenvalue weighted by molar-refractivity contribution is 6.35. The van der Waals surface area contributed by atoms with E-state index in [1.165, 1.54) is 0 Å². The van der Waals surface area contributed by atoms with E-state index in [0.29, 0.717) is 15.8 Å². The van der Waals surface area contributed by atoms with Gasteiger partial charge in [0.1, 0.15) is 5.75 Å². The smallest absolute Gasteiger partial charge is 0.261 e. The molecule has 19 heavy (non-hydrogen) atoms. The van der Waals surface area contributed by atoms with Crippen molar-refractivity contribution in [3.63, 3.8) is 0 Å². The molecule has 0 aliphatic heterocycles. The second-order valence-corrected chi connectivity index (χ2v) is 5.91. The molecule has 0 fully saturated rings. The van der Waals surface area contributed by atoms with Crippen molar-refractivity contribution >= 4 is 29.1 Å². The number of hydrogen-bond donors (Lipinski definition) is 1. The molecule has 0 heterocycles. The van der Waals surface area contributed by atoms with Gasteiger partial charge >= 0.3 is 0 Å². The molecule has 0 spiro atoms. The number of carbonyl (C=O) groups is 1. The van der Waals surface area contributed by atoms with Crippen molar-refractivity contribution in [2.75, 3.05) is 0 Å². The third-order valence-electron chi connectivity index (χ3n) is 2.91. The molecule has 1 amide bonds. The molecule has 0 unspecified atom stereocenters. The van der Waals surface area contributed by atoms with Crippen molar-refractivity contribution in [1.82, 2.24) is 5.32 Å². The van der Waals surface area contributed by atoms with Gasteiger partial charge in [-0.1, -0.05) is 30.1 Å². The lowest BCUT2D eigenvalue weighted by Crippen LogP contribution is -2.48. The minimum absolute atomic E-state index is 0.169. The van der Waals surface area contributed by atoms with Gasteiger partial charge in [0.05, 0.1) is 5.02 Å². The van der Waals surface area contributed by atoms with Gasteiger partial charge < -0.3 is 10.1 Å². The van der Waals surface area contributed by atoms with Crippen LogP contribution in [0.4, 0.5) is 0 Å². The summed E-state index contributed by atoms with van der Waals surface area (Å²) in [7, 11) is 0. The number of rotatable bonds is 5. The Morgan fingerprint density at radius 3 is 2.58 bits per heavy atom. The summed E-state index contributed by atoms with van der Waals surface area (Å²) in [5, 5.41) is 3.84. The van der Waals surface area contributed by atoms with Crippen LogP contribution in [0.3, 0.4) is 0 Å². The Bertz CT molecular complexity index is 461. The first-order valence-electron chi connectivity index (χ1n) is 6.19. The second-order valence-electron chi connectivity index (χ2n) is 5.06. The first kappa shape index (κ1) is 16.1. The minimum atomic E-state index is -0.621. The number of ether oxygens (including phenoxy) is 1. The number of carbonyl (C=O) groups excluding carboxylic acids is 1. The van der Waals surface area contributed by atoms with Crippen LogP contribution >= 0.6 is 23.2 Å². The molecule has 0 aromatic heterocycles. The van der Waals surface area contributed by atoms with E-state index >= 15 is 0 Å². The maximum atomic E-state index is 12.0. The first-order valence-corrected chi connectivity index (χ1v) is 6.94. The van der Waals surface area contributed by atoms with Crippen LogP contribution in [-0.4, -0.2) is 17.6 Å². The Balaban J connectivity index is 2.69. The highest BCUT2D eigenvalue weighted by Gasteiger charge is 2.23. The molecular formula is C14H19Cl2NO2. The van der Waals surface area contributed by atoms with Crippen molar-refractivity contribution in [1.29, 1.82) is 0 Å². The zero-order chi connectivity index (χ0) is 14.6. The maximum absolute atomic E-state index is 12.0. The Kier molecular flexibility index (Phi) is 5.50. The molecule has 0 aliphatic rings. The summed E-state index contributed by atoms with van der Waals surface area (Å²) in [6.07, 6.45) is 0.220. The molecule has 106 valence electrons. The molecule has 5 heteroatoms. The third-order valence-corrected chi connectivity index (χ3v) is 3.44. The lowest BCUT2D eigenvalue weighted by molar-refractivity contribution is -0.128. The summed E-state index contributed by atoms with van der Waals surface area (Å²) in [6.45, 7) is 7.63. The molecule has 0 radical (unpaired) electrons. The van der Waals surface area contributed by atoms with E-state index in [4.69, 9.17) is 27.9 Å². The number of hydrogen-bond acceptors (Lipinski definition) is 2. The average Bonchev–Trinajstić information content (AvgIpc) is 2.32. The molecule has 0 saturated heterocycles. The van der Waals surface area contributed by atoms with Crippen LogP contribution in [0.25, 0.3) is 0 Å². The van der Waals surface area contributed by atoms with Crippen LogP contribution in [0.1, 0.15) is 34.1 Å². The number of benzene rings is 1. The van der Waals surface area contributed by atoms with Gasteiger partial charge in [-0.15, -0.1) is 0 Å². The van der Waals surface area contributed by atoms with Crippen LogP contribution in [0.15, 0.2) is 18.2 Å². The second kappa shape index (κ2) is 6.49. The quantitative estimate of drug-likeness (QED) is 0.890. The predicted octanol–water partition coefficient (Wildman–Crippen LogP) is 4.07. The van der Waals surface area contributed by atoms with E-state index in [1.54, 1.807) is 25.1 Å². The van der Waals surface area contributed by atoms with Gasteiger partial charge in [0, 0.05) is 10.6 Å². The van der Waals surface area contributed by atoms with Crippen molar-refractivity contribution in [2.45, 2.75) is 45.8 Å². The van der Waals surface area contributed by atoms with E-state index in [2.05, 4.69) is 5.32 Å². The van der Waals surface area contributed by atoms with Crippen LogP contribution in [0.5, 0.6) is 5.75 Å². The van der Waals surface area contributed by atoms with Crippen LogP contribution in [0, 0.1) is 0 Å². The SMILES string of the molecule is CCC(C)(C)NC(=O)[C@H](C)Oc1ccc(Cl)cc1Cl. The van der Waals surface area contributed by atoms with E-state index in [1.807, 2.05) is 20.8 Å². The average molecular weight is 304 g/mol. The fourth-order valence-electron chi connectivity index (χ4n) is 1.34. The molecule has 1 N–H and O–H groups in total. The molecule has 1 rings (SSSR count). The molecule has 1 atom stereocenters. The first-order chi connectivity index (χ1) is 8.75. The summed E-state index contributed by atoms with van der Waals surface area (Å²) in [5.41, 5.74) is -0.251. The minimum Gasteiger partial charge on any atom is -0.479 e. The largest absolute Gasteiger partial charge is 0.479 e. The van der Waals surface area contributed by atoms with Gasteiger partial charge in [-0.05, 0) is 45.4 Å². The molecule has 1 aromatic rings. The Morgan fingerprint density at radius 1 is 1.42 bits per heavy atom. The van der Waals surface area contributed by atoms with E-state index in [0.717, 1.165) is 6.42 Å². The topological polar surface area (TPSA) is 38.3 Å². The summed E-state index contributed by atoms with van der Waals surface area (Å²) >= 11 is 11.8. The van der Waals surface area contributed by atoms with Gasteiger partial charge in [0.15, 0.2) is 6.10 Å². The monoisotopic (exact) mass is 303 g/mol. The normalized spacial score (nSPS) is 12.9. The molecular weight excluding hydrogens is 285 g/mol. The Labute approximate surface area is 124 Å². The van der Waals surface area contributed by atoms with Gasteiger partial charge in [-0.25, -0.2) is 0 Å². The van der Waals surface area contributed by atoms with Crippen molar-refractivity contribution in [2.24, 2.45) is 0 Å². The standard InChI is InChI=1S/C14H19Cl2NO2/c1-5-14(3,4)17-13(18)9(2)19-12-7-6-10(15)8-11(12)16/h6-9H,5H2,1-4H3,(H,17,18)/t9-/m0/s1. The molecule has 3 nitrogen and oxygen atoms in total. The van der Waals surface area contributed by atoms with Crippen LogP contribution in [0.2, 0.25) is 10.0 Å². The molecule has 0 aliphatic carbocycles.